The van der Waals surface area contributed by atoms with Crippen LogP contribution in [-0.2, 0) is 26.8 Å². The van der Waals surface area contributed by atoms with Gasteiger partial charge in [-0.1, -0.05) is 28.9 Å². The van der Waals surface area contributed by atoms with Crippen molar-refractivity contribution in [2.75, 3.05) is 10.7 Å². The standard InChI is InChI=1S/C21H19ClF2N4O4S/c1-21(2,24)20-26-18(27-32-20)13-7-16-17(8-14(13)23)33(30,31)10-15(25)19(29)28(16)9-11-3-5-12(22)6-4-11/h3-8,15H,9-10,25H2,1-2H3/t15-/m0/s1. The van der Waals surface area contributed by atoms with Crippen LogP contribution in [0.4, 0.5) is 14.5 Å². The largest absolute Gasteiger partial charge is 0.335 e. The van der Waals surface area contributed by atoms with E-state index in [0.29, 0.717) is 10.6 Å². The second-order valence-electron chi connectivity index (χ2n) is 8.13. The average molecular weight is 497 g/mol. The smallest absolute Gasteiger partial charge is 0.264 e. The Kier molecular flexibility index (Phi) is 5.75. The van der Waals surface area contributed by atoms with E-state index in [9.17, 15) is 17.6 Å². The number of halogens is 3. The van der Waals surface area contributed by atoms with Crippen molar-refractivity contribution in [3.05, 3.63) is 58.7 Å². The molecule has 1 aliphatic heterocycles. The molecule has 33 heavy (non-hydrogen) atoms. The highest BCUT2D eigenvalue weighted by molar-refractivity contribution is 7.91. The molecule has 0 unspecified atom stereocenters. The first-order valence-electron chi connectivity index (χ1n) is 9.78. The first-order chi connectivity index (χ1) is 15.4. The number of alkyl halides is 1. The molecule has 174 valence electrons. The van der Waals surface area contributed by atoms with E-state index in [0.717, 1.165) is 17.0 Å². The Balaban J connectivity index is 1.89. The van der Waals surface area contributed by atoms with Gasteiger partial charge in [0.05, 0.1) is 34.5 Å². The summed E-state index contributed by atoms with van der Waals surface area (Å²) >= 11 is 5.92. The minimum absolute atomic E-state index is 0.0493. The van der Waals surface area contributed by atoms with Crippen molar-refractivity contribution in [2.24, 2.45) is 5.73 Å². The summed E-state index contributed by atoms with van der Waals surface area (Å²) < 4.78 is 59.8. The Hall–Kier alpha value is -2.89. The minimum Gasteiger partial charge on any atom is -0.335 e. The molecular formula is C21H19ClF2N4O4S. The summed E-state index contributed by atoms with van der Waals surface area (Å²) in [5, 5.41) is 4.10. The molecule has 1 amide bonds. The summed E-state index contributed by atoms with van der Waals surface area (Å²) in [7, 11) is -4.10. The van der Waals surface area contributed by atoms with Crippen LogP contribution in [0.5, 0.6) is 0 Å². The van der Waals surface area contributed by atoms with Crippen molar-refractivity contribution in [1.82, 2.24) is 10.1 Å². The van der Waals surface area contributed by atoms with E-state index in [1.807, 2.05) is 0 Å². The van der Waals surface area contributed by atoms with Crippen LogP contribution in [0.1, 0.15) is 25.3 Å². The molecule has 3 aromatic rings. The van der Waals surface area contributed by atoms with Gasteiger partial charge in [-0.2, -0.15) is 4.98 Å². The average Bonchev–Trinajstić information content (AvgIpc) is 3.21. The summed E-state index contributed by atoms with van der Waals surface area (Å²) in [5.41, 5.74) is 4.19. The first kappa shape index (κ1) is 23.3. The number of amides is 1. The lowest BCUT2D eigenvalue weighted by molar-refractivity contribution is -0.119. The summed E-state index contributed by atoms with van der Waals surface area (Å²) in [6.45, 7) is 2.34. The fraction of sp³-hybridized carbons (Fsp3) is 0.286. The predicted octanol–water partition coefficient (Wildman–Crippen LogP) is 3.38. The van der Waals surface area contributed by atoms with E-state index in [2.05, 4.69) is 10.1 Å². The van der Waals surface area contributed by atoms with E-state index in [1.165, 1.54) is 13.8 Å². The lowest BCUT2D eigenvalue weighted by atomic mass is 10.1. The van der Waals surface area contributed by atoms with Crippen LogP contribution in [0.2, 0.25) is 5.02 Å². The van der Waals surface area contributed by atoms with Crippen molar-refractivity contribution in [1.29, 1.82) is 0 Å². The molecule has 2 heterocycles. The zero-order valence-electron chi connectivity index (χ0n) is 17.5. The SMILES string of the molecule is CC(C)(F)c1nc(-c2cc3c(cc2F)S(=O)(=O)C[C@H](N)C(=O)N3Cc2ccc(Cl)cc2)no1. The quantitative estimate of drug-likeness (QED) is 0.588. The minimum atomic E-state index is -4.10. The number of carbonyl (C=O) groups excluding carboxylic acids is 1. The van der Waals surface area contributed by atoms with Crippen molar-refractivity contribution in [3.63, 3.8) is 0 Å². The van der Waals surface area contributed by atoms with Crippen LogP contribution >= 0.6 is 11.6 Å². The van der Waals surface area contributed by atoms with E-state index in [-0.39, 0.29) is 29.5 Å². The molecule has 1 atom stereocenters. The molecule has 0 spiro atoms. The Morgan fingerprint density at radius 2 is 1.94 bits per heavy atom. The number of anilines is 1. The molecule has 2 aromatic carbocycles. The van der Waals surface area contributed by atoms with Gasteiger partial charge in [-0.05, 0) is 43.7 Å². The monoisotopic (exact) mass is 496 g/mol. The van der Waals surface area contributed by atoms with E-state index in [1.54, 1.807) is 24.3 Å². The van der Waals surface area contributed by atoms with Gasteiger partial charge >= 0.3 is 0 Å². The topological polar surface area (TPSA) is 119 Å². The molecule has 12 heteroatoms. The van der Waals surface area contributed by atoms with Gasteiger partial charge in [0.1, 0.15) is 5.82 Å². The van der Waals surface area contributed by atoms with Crippen LogP contribution in [0.25, 0.3) is 11.4 Å². The highest BCUT2D eigenvalue weighted by Crippen LogP contribution is 2.37. The number of carbonyl (C=O) groups is 1. The Morgan fingerprint density at radius 1 is 1.27 bits per heavy atom. The summed E-state index contributed by atoms with van der Waals surface area (Å²) in [4.78, 5) is 17.7. The lowest BCUT2D eigenvalue weighted by Crippen LogP contribution is -2.45. The molecule has 4 rings (SSSR count). The number of sulfone groups is 1. The molecule has 0 aliphatic carbocycles. The number of rotatable bonds is 4. The zero-order valence-corrected chi connectivity index (χ0v) is 19.1. The number of hydrogen-bond acceptors (Lipinski definition) is 7. The molecule has 8 nitrogen and oxygen atoms in total. The first-order valence-corrected chi connectivity index (χ1v) is 11.8. The van der Waals surface area contributed by atoms with E-state index < -0.39 is 43.9 Å². The molecule has 0 fully saturated rings. The van der Waals surface area contributed by atoms with Crippen molar-refractivity contribution in [2.45, 2.75) is 37.0 Å². The highest BCUT2D eigenvalue weighted by Gasteiger charge is 2.37. The normalized spacial score (nSPS) is 18.2. The van der Waals surface area contributed by atoms with Crippen LogP contribution in [0.15, 0.2) is 45.8 Å². The molecule has 1 aromatic heterocycles. The fourth-order valence-corrected chi connectivity index (χ4v) is 5.09. The van der Waals surface area contributed by atoms with Crippen molar-refractivity contribution >= 4 is 33.0 Å². The highest BCUT2D eigenvalue weighted by atomic mass is 35.5. The second kappa shape index (κ2) is 8.15. The Labute approximate surface area is 193 Å². The zero-order chi connectivity index (χ0) is 24.1. The molecule has 0 saturated heterocycles. The van der Waals surface area contributed by atoms with Crippen LogP contribution in [0.3, 0.4) is 0 Å². The maximum absolute atomic E-state index is 15.0. The molecule has 0 saturated carbocycles. The Morgan fingerprint density at radius 3 is 2.55 bits per heavy atom. The maximum atomic E-state index is 15.0. The van der Waals surface area contributed by atoms with Gasteiger partial charge in [0.25, 0.3) is 5.89 Å². The summed E-state index contributed by atoms with van der Waals surface area (Å²) in [6.07, 6.45) is 0. The van der Waals surface area contributed by atoms with Gasteiger partial charge in [0, 0.05) is 5.02 Å². The van der Waals surface area contributed by atoms with E-state index >= 15 is 4.39 Å². The molecule has 0 bridgehead atoms. The number of nitrogens with zero attached hydrogens (tertiary/aromatic N) is 3. The third-order valence-electron chi connectivity index (χ3n) is 5.09. The van der Waals surface area contributed by atoms with Gasteiger partial charge in [0.15, 0.2) is 15.5 Å². The number of hydrogen-bond donors (Lipinski definition) is 1. The van der Waals surface area contributed by atoms with E-state index in [4.69, 9.17) is 21.9 Å². The number of benzene rings is 2. The number of nitrogens with two attached hydrogens (primary N) is 1. The van der Waals surface area contributed by atoms with Crippen LogP contribution in [-0.4, -0.2) is 36.3 Å². The molecule has 1 aliphatic rings. The van der Waals surface area contributed by atoms with Gasteiger partial charge in [-0.3, -0.25) is 4.79 Å². The molecule has 0 radical (unpaired) electrons. The number of aromatic nitrogens is 2. The lowest BCUT2D eigenvalue weighted by Gasteiger charge is -2.24. The van der Waals surface area contributed by atoms with Gasteiger partial charge in [0.2, 0.25) is 11.7 Å². The van der Waals surface area contributed by atoms with Crippen LogP contribution in [0, 0.1) is 5.82 Å². The second-order valence-corrected chi connectivity index (χ2v) is 10.6. The van der Waals surface area contributed by atoms with Gasteiger partial charge < -0.3 is 15.2 Å². The molecule has 2 N–H and O–H groups in total. The van der Waals surface area contributed by atoms with Crippen LogP contribution < -0.4 is 10.6 Å². The van der Waals surface area contributed by atoms with Crippen molar-refractivity contribution in [3.8, 4) is 11.4 Å². The van der Waals surface area contributed by atoms with Gasteiger partial charge in [-0.15, -0.1) is 0 Å². The fourth-order valence-electron chi connectivity index (χ4n) is 3.40. The Bertz CT molecular complexity index is 1340. The maximum Gasteiger partial charge on any atom is 0.264 e. The summed E-state index contributed by atoms with van der Waals surface area (Å²) in [5.74, 6) is -2.99. The molecular weight excluding hydrogens is 478 g/mol. The third kappa shape index (κ3) is 4.48. The third-order valence-corrected chi connectivity index (χ3v) is 7.13. The van der Waals surface area contributed by atoms with Gasteiger partial charge in [-0.25, -0.2) is 17.2 Å². The summed E-state index contributed by atoms with van der Waals surface area (Å²) in [6, 6.07) is 7.13. The number of fused-ring (bicyclic) bond motifs is 1. The predicted molar refractivity (Wildman–Crippen MR) is 116 cm³/mol. The van der Waals surface area contributed by atoms with Crippen molar-refractivity contribution < 1.29 is 26.5 Å².